The highest BCUT2D eigenvalue weighted by molar-refractivity contribution is 5.77. The van der Waals surface area contributed by atoms with Crippen molar-refractivity contribution in [2.45, 2.75) is 44.2 Å². The Morgan fingerprint density at radius 3 is 2.68 bits per heavy atom. The van der Waals surface area contributed by atoms with E-state index in [4.69, 9.17) is 4.74 Å². The molecule has 0 aliphatic heterocycles. The lowest BCUT2D eigenvalue weighted by atomic mass is 9.98. The molecule has 3 rings (SSSR count). The van der Waals surface area contributed by atoms with Crippen molar-refractivity contribution in [1.82, 2.24) is 10.3 Å². The number of aromatic nitrogens is 1. The monoisotopic (exact) mass is 344 g/mol. The number of hydrogen-bond donors (Lipinski definition) is 2. The van der Waals surface area contributed by atoms with Gasteiger partial charge in [0.25, 0.3) is 0 Å². The average molecular weight is 344 g/mol. The van der Waals surface area contributed by atoms with Crippen LogP contribution in [-0.4, -0.2) is 21.6 Å². The predicted molar refractivity (Wildman–Crippen MR) is 90.6 cm³/mol. The Morgan fingerprint density at radius 1 is 1.24 bits per heavy atom. The van der Waals surface area contributed by atoms with E-state index in [2.05, 4.69) is 10.3 Å². The molecule has 25 heavy (non-hydrogen) atoms. The quantitative estimate of drug-likeness (QED) is 0.843. The molecule has 0 unspecified atom stereocenters. The molecule has 1 fully saturated rings. The van der Waals surface area contributed by atoms with Gasteiger partial charge in [0.05, 0.1) is 12.0 Å². The van der Waals surface area contributed by atoms with Crippen LogP contribution in [0.4, 0.5) is 4.39 Å². The summed E-state index contributed by atoms with van der Waals surface area (Å²) >= 11 is 0. The van der Waals surface area contributed by atoms with Gasteiger partial charge in [0.2, 0.25) is 11.8 Å². The van der Waals surface area contributed by atoms with Crippen LogP contribution in [0, 0.1) is 5.82 Å². The molecular weight excluding hydrogens is 323 g/mol. The van der Waals surface area contributed by atoms with Crippen LogP contribution in [-0.2, 0) is 11.3 Å². The lowest BCUT2D eigenvalue weighted by Gasteiger charge is -2.21. The van der Waals surface area contributed by atoms with E-state index in [9.17, 15) is 14.3 Å². The molecule has 0 saturated heterocycles. The molecule has 1 aliphatic rings. The van der Waals surface area contributed by atoms with Crippen molar-refractivity contribution in [1.29, 1.82) is 0 Å². The Kier molecular flexibility index (Phi) is 5.28. The second-order valence-corrected chi connectivity index (χ2v) is 6.44. The molecule has 2 N–H and O–H groups in total. The standard InChI is InChI=1S/C19H21FN2O3/c20-15-3-5-16(6-4-15)25-18-11-14(7-10-21-18)13-22-17(23)12-19(24)8-1-2-9-19/h3-7,10-11,24H,1-2,8-9,12-13H2,(H,22,23). The number of nitrogens with one attached hydrogen (secondary N) is 1. The van der Waals surface area contributed by atoms with E-state index in [1.54, 1.807) is 18.3 Å². The first-order chi connectivity index (χ1) is 12.0. The van der Waals surface area contributed by atoms with Crippen molar-refractivity contribution in [3.8, 4) is 11.6 Å². The lowest BCUT2D eigenvalue weighted by Crippen LogP contribution is -2.34. The Bertz CT molecular complexity index is 728. The van der Waals surface area contributed by atoms with Crippen LogP contribution in [0.1, 0.15) is 37.7 Å². The maximum Gasteiger partial charge on any atom is 0.223 e. The summed E-state index contributed by atoms with van der Waals surface area (Å²) in [7, 11) is 0. The molecule has 0 spiro atoms. The number of ether oxygens (including phenoxy) is 1. The van der Waals surface area contributed by atoms with E-state index < -0.39 is 5.60 Å². The number of pyridine rings is 1. The number of amides is 1. The van der Waals surface area contributed by atoms with Gasteiger partial charge in [-0.25, -0.2) is 9.37 Å². The van der Waals surface area contributed by atoms with Gasteiger partial charge in [-0.15, -0.1) is 0 Å². The zero-order valence-electron chi connectivity index (χ0n) is 13.9. The van der Waals surface area contributed by atoms with Crippen LogP contribution in [0.2, 0.25) is 0 Å². The maximum atomic E-state index is 12.9. The largest absolute Gasteiger partial charge is 0.439 e. The van der Waals surface area contributed by atoms with Crippen LogP contribution in [0.3, 0.4) is 0 Å². The molecule has 1 aromatic carbocycles. The Morgan fingerprint density at radius 2 is 1.96 bits per heavy atom. The Hall–Kier alpha value is -2.47. The molecule has 0 atom stereocenters. The number of aliphatic hydroxyl groups is 1. The number of nitrogens with zero attached hydrogens (tertiary/aromatic N) is 1. The molecule has 132 valence electrons. The molecule has 0 bridgehead atoms. The van der Waals surface area contributed by atoms with Crippen LogP contribution in [0.5, 0.6) is 11.6 Å². The molecular formula is C19H21FN2O3. The Labute approximate surface area is 145 Å². The SMILES string of the molecule is O=C(CC1(O)CCCC1)NCc1ccnc(Oc2ccc(F)cc2)c1. The van der Waals surface area contributed by atoms with Gasteiger partial charge in [0.1, 0.15) is 11.6 Å². The first kappa shape index (κ1) is 17.4. The molecule has 1 aliphatic carbocycles. The van der Waals surface area contributed by atoms with Crippen LogP contribution in [0.25, 0.3) is 0 Å². The fourth-order valence-corrected chi connectivity index (χ4v) is 3.01. The van der Waals surface area contributed by atoms with Crippen LogP contribution in [0.15, 0.2) is 42.6 Å². The van der Waals surface area contributed by atoms with Gasteiger partial charge in [-0.05, 0) is 48.7 Å². The third kappa shape index (κ3) is 5.00. The topological polar surface area (TPSA) is 71.5 Å². The first-order valence-corrected chi connectivity index (χ1v) is 8.40. The van der Waals surface area contributed by atoms with E-state index in [0.717, 1.165) is 18.4 Å². The number of benzene rings is 1. The number of carbonyl (C=O) groups excluding carboxylic acids is 1. The van der Waals surface area contributed by atoms with Gasteiger partial charge in [-0.1, -0.05) is 12.8 Å². The number of halogens is 1. The smallest absolute Gasteiger partial charge is 0.223 e. The highest BCUT2D eigenvalue weighted by Crippen LogP contribution is 2.32. The van der Waals surface area contributed by atoms with Crippen molar-refractivity contribution in [2.75, 3.05) is 0 Å². The average Bonchev–Trinajstić information content (AvgIpc) is 3.01. The molecule has 5 nitrogen and oxygen atoms in total. The van der Waals surface area contributed by atoms with Crippen molar-refractivity contribution in [3.63, 3.8) is 0 Å². The summed E-state index contributed by atoms with van der Waals surface area (Å²) in [6.45, 7) is 0.331. The highest BCUT2D eigenvalue weighted by atomic mass is 19.1. The summed E-state index contributed by atoms with van der Waals surface area (Å²) in [5.41, 5.74) is -0.0157. The summed E-state index contributed by atoms with van der Waals surface area (Å²) in [5.74, 6) is 0.356. The van der Waals surface area contributed by atoms with E-state index in [0.29, 0.717) is 31.0 Å². The summed E-state index contributed by atoms with van der Waals surface area (Å²) < 4.78 is 18.5. The minimum atomic E-state index is -0.848. The summed E-state index contributed by atoms with van der Waals surface area (Å²) in [6.07, 6.45) is 5.04. The maximum absolute atomic E-state index is 12.9. The van der Waals surface area contributed by atoms with Gasteiger partial charge in [-0.3, -0.25) is 4.79 Å². The van der Waals surface area contributed by atoms with E-state index in [-0.39, 0.29) is 18.1 Å². The van der Waals surface area contributed by atoms with Gasteiger partial charge in [-0.2, -0.15) is 0 Å². The fraction of sp³-hybridized carbons (Fsp3) is 0.368. The summed E-state index contributed by atoms with van der Waals surface area (Å²) in [6, 6.07) is 9.16. The lowest BCUT2D eigenvalue weighted by molar-refractivity contribution is -0.126. The van der Waals surface area contributed by atoms with E-state index in [1.165, 1.54) is 24.3 Å². The van der Waals surface area contributed by atoms with E-state index >= 15 is 0 Å². The number of rotatable bonds is 6. The third-order valence-electron chi connectivity index (χ3n) is 4.35. The molecule has 1 aromatic heterocycles. The minimum Gasteiger partial charge on any atom is -0.439 e. The summed E-state index contributed by atoms with van der Waals surface area (Å²) in [4.78, 5) is 16.1. The minimum absolute atomic E-state index is 0.136. The first-order valence-electron chi connectivity index (χ1n) is 8.40. The van der Waals surface area contributed by atoms with Crippen molar-refractivity contribution >= 4 is 5.91 Å². The molecule has 1 heterocycles. The molecule has 1 amide bonds. The number of hydrogen-bond acceptors (Lipinski definition) is 4. The predicted octanol–water partition coefficient (Wildman–Crippen LogP) is 3.32. The van der Waals surface area contributed by atoms with Crippen LogP contribution >= 0.6 is 0 Å². The molecule has 1 saturated carbocycles. The normalized spacial score (nSPS) is 15.8. The van der Waals surface area contributed by atoms with Crippen molar-refractivity contribution in [3.05, 3.63) is 54.0 Å². The summed E-state index contributed by atoms with van der Waals surface area (Å²) in [5, 5.41) is 13.1. The third-order valence-corrected chi connectivity index (χ3v) is 4.35. The second-order valence-electron chi connectivity index (χ2n) is 6.44. The van der Waals surface area contributed by atoms with Crippen molar-refractivity contribution in [2.24, 2.45) is 0 Å². The molecule has 6 heteroatoms. The fourth-order valence-electron chi connectivity index (χ4n) is 3.01. The zero-order valence-corrected chi connectivity index (χ0v) is 13.9. The second kappa shape index (κ2) is 7.61. The van der Waals surface area contributed by atoms with Crippen molar-refractivity contribution < 1.29 is 19.0 Å². The molecule has 2 aromatic rings. The van der Waals surface area contributed by atoms with E-state index in [1.807, 2.05) is 0 Å². The highest BCUT2D eigenvalue weighted by Gasteiger charge is 2.33. The van der Waals surface area contributed by atoms with Gasteiger partial charge < -0.3 is 15.2 Å². The zero-order chi connectivity index (χ0) is 17.7. The Balaban J connectivity index is 1.54. The van der Waals surface area contributed by atoms with Gasteiger partial charge >= 0.3 is 0 Å². The van der Waals surface area contributed by atoms with Crippen LogP contribution < -0.4 is 10.1 Å². The number of carbonyl (C=O) groups is 1. The van der Waals surface area contributed by atoms with Gasteiger partial charge in [0, 0.05) is 18.8 Å². The van der Waals surface area contributed by atoms with Gasteiger partial charge in [0.15, 0.2) is 0 Å². The molecule has 0 radical (unpaired) electrons.